The molecule has 6 heteroatoms. The van der Waals surface area contributed by atoms with Gasteiger partial charge in [0, 0.05) is 11.3 Å². The number of rotatable bonds is 5. The summed E-state index contributed by atoms with van der Waals surface area (Å²) < 4.78 is 0. The SMILES string of the molecule is CCc1ccc(NC(=O)c2ccccc2CN2C(=O)CNC2=O)cc1. The number of anilines is 1. The molecule has 6 nitrogen and oxygen atoms in total. The van der Waals surface area contributed by atoms with E-state index in [9.17, 15) is 14.4 Å². The summed E-state index contributed by atoms with van der Waals surface area (Å²) in [6.45, 7) is 2.14. The minimum atomic E-state index is -0.435. The van der Waals surface area contributed by atoms with Crippen molar-refractivity contribution in [3.05, 3.63) is 65.2 Å². The first-order valence-corrected chi connectivity index (χ1v) is 8.15. The Morgan fingerprint density at radius 1 is 1.12 bits per heavy atom. The van der Waals surface area contributed by atoms with Crippen LogP contribution >= 0.6 is 0 Å². The lowest BCUT2D eigenvalue weighted by Crippen LogP contribution is -2.31. The lowest BCUT2D eigenvalue weighted by Gasteiger charge is -2.15. The van der Waals surface area contributed by atoms with E-state index in [0.717, 1.165) is 11.3 Å². The van der Waals surface area contributed by atoms with Crippen LogP contribution in [0.1, 0.15) is 28.4 Å². The third-order valence-electron chi connectivity index (χ3n) is 4.15. The Balaban J connectivity index is 1.78. The topological polar surface area (TPSA) is 78.5 Å². The minimum Gasteiger partial charge on any atom is -0.329 e. The molecule has 25 heavy (non-hydrogen) atoms. The fourth-order valence-electron chi connectivity index (χ4n) is 2.69. The second-order valence-corrected chi connectivity index (χ2v) is 5.80. The van der Waals surface area contributed by atoms with Crippen LogP contribution in [-0.4, -0.2) is 29.3 Å². The van der Waals surface area contributed by atoms with Crippen LogP contribution < -0.4 is 10.6 Å². The molecule has 1 aliphatic heterocycles. The summed E-state index contributed by atoms with van der Waals surface area (Å²) >= 11 is 0. The van der Waals surface area contributed by atoms with Crippen LogP contribution in [-0.2, 0) is 17.8 Å². The molecule has 0 saturated carbocycles. The van der Waals surface area contributed by atoms with E-state index in [4.69, 9.17) is 0 Å². The third kappa shape index (κ3) is 3.68. The smallest absolute Gasteiger partial charge is 0.324 e. The van der Waals surface area contributed by atoms with Gasteiger partial charge in [-0.05, 0) is 35.7 Å². The molecule has 0 spiro atoms. The molecule has 2 aromatic rings. The van der Waals surface area contributed by atoms with Gasteiger partial charge in [-0.2, -0.15) is 0 Å². The Morgan fingerprint density at radius 3 is 2.48 bits per heavy atom. The average Bonchev–Trinajstić information content (AvgIpc) is 2.95. The highest BCUT2D eigenvalue weighted by atomic mass is 16.2. The van der Waals surface area contributed by atoms with Crippen molar-refractivity contribution in [3.63, 3.8) is 0 Å². The molecule has 0 aliphatic carbocycles. The van der Waals surface area contributed by atoms with Crippen molar-refractivity contribution in [2.24, 2.45) is 0 Å². The first-order valence-electron chi connectivity index (χ1n) is 8.15. The number of aryl methyl sites for hydroxylation is 1. The van der Waals surface area contributed by atoms with E-state index in [1.807, 2.05) is 24.3 Å². The standard InChI is InChI=1S/C19H19N3O3/c1-2-13-7-9-15(10-8-13)21-18(24)16-6-4-3-5-14(16)12-22-17(23)11-20-19(22)25/h3-10H,2,11-12H2,1H3,(H,20,25)(H,21,24). The van der Waals surface area contributed by atoms with Crippen LogP contribution in [0.4, 0.5) is 10.5 Å². The first-order chi connectivity index (χ1) is 12.1. The summed E-state index contributed by atoms with van der Waals surface area (Å²) in [6.07, 6.45) is 0.934. The molecular weight excluding hydrogens is 318 g/mol. The number of carbonyl (C=O) groups excluding carboxylic acids is 3. The van der Waals surface area contributed by atoms with E-state index in [2.05, 4.69) is 17.6 Å². The number of amides is 4. The quantitative estimate of drug-likeness (QED) is 0.823. The van der Waals surface area contributed by atoms with Gasteiger partial charge in [-0.15, -0.1) is 0 Å². The van der Waals surface area contributed by atoms with Gasteiger partial charge in [-0.3, -0.25) is 14.5 Å². The Bertz CT molecular complexity index is 799. The number of carbonyl (C=O) groups is 3. The Kier molecular flexibility index (Phi) is 4.79. The van der Waals surface area contributed by atoms with E-state index in [-0.39, 0.29) is 24.9 Å². The highest BCUT2D eigenvalue weighted by molar-refractivity contribution is 6.06. The molecular formula is C19H19N3O3. The number of imide groups is 1. The van der Waals surface area contributed by atoms with Crippen LogP contribution in [0.15, 0.2) is 48.5 Å². The predicted molar refractivity (Wildman–Crippen MR) is 94.2 cm³/mol. The number of nitrogens with zero attached hydrogens (tertiary/aromatic N) is 1. The Hall–Kier alpha value is -3.15. The van der Waals surface area contributed by atoms with E-state index in [0.29, 0.717) is 16.8 Å². The largest absolute Gasteiger partial charge is 0.329 e. The first kappa shape index (κ1) is 16.7. The van der Waals surface area contributed by atoms with Gasteiger partial charge in [0.05, 0.1) is 13.1 Å². The van der Waals surface area contributed by atoms with Crippen LogP contribution in [0.3, 0.4) is 0 Å². The number of benzene rings is 2. The average molecular weight is 337 g/mol. The molecule has 128 valence electrons. The van der Waals surface area contributed by atoms with Gasteiger partial charge < -0.3 is 10.6 Å². The van der Waals surface area contributed by atoms with Gasteiger partial charge in [-0.25, -0.2) is 4.79 Å². The molecule has 0 atom stereocenters. The maximum Gasteiger partial charge on any atom is 0.324 e. The zero-order valence-corrected chi connectivity index (χ0v) is 13.9. The maximum atomic E-state index is 12.6. The monoisotopic (exact) mass is 337 g/mol. The van der Waals surface area contributed by atoms with Crippen molar-refractivity contribution in [2.75, 3.05) is 11.9 Å². The molecule has 0 radical (unpaired) electrons. The van der Waals surface area contributed by atoms with Crippen LogP contribution in [0, 0.1) is 0 Å². The highest BCUT2D eigenvalue weighted by Gasteiger charge is 2.29. The molecule has 0 unspecified atom stereocenters. The number of hydrogen-bond acceptors (Lipinski definition) is 3. The normalized spacial score (nSPS) is 13.7. The summed E-state index contributed by atoms with van der Waals surface area (Å²) in [7, 11) is 0. The second kappa shape index (κ2) is 7.17. The number of nitrogens with one attached hydrogen (secondary N) is 2. The van der Waals surface area contributed by atoms with Crippen molar-refractivity contribution < 1.29 is 14.4 Å². The van der Waals surface area contributed by atoms with Gasteiger partial charge in [0.2, 0.25) is 5.91 Å². The van der Waals surface area contributed by atoms with Gasteiger partial charge in [0.25, 0.3) is 5.91 Å². The van der Waals surface area contributed by atoms with E-state index in [1.165, 1.54) is 5.56 Å². The van der Waals surface area contributed by atoms with E-state index >= 15 is 0 Å². The Morgan fingerprint density at radius 2 is 1.84 bits per heavy atom. The number of urea groups is 1. The molecule has 4 amide bonds. The highest BCUT2D eigenvalue weighted by Crippen LogP contribution is 2.17. The fourth-order valence-corrected chi connectivity index (χ4v) is 2.69. The van der Waals surface area contributed by atoms with Crippen molar-refractivity contribution in [2.45, 2.75) is 19.9 Å². The summed E-state index contributed by atoms with van der Waals surface area (Å²) in [5.74, 6) is -0.567. The van der Waals surface area contributed by atoms with Crippen molar-refractivity contribution in [1.29, 1.82) is 0 Å². The molecule has 2 aromatic carbocycles. The van der Waals surface area contributed by atoms with Crippen molar-refractivity contribution in [3.8, 4) is 0 Å². The van der Waals surface area contributed by atoms with Crippen LogP contribution in [0.25, 0.3) is 0 Å². The lowest BCUT2D eigenvalue weighted by atomic mass is 10.1. The third-order valence-corrected chi connectivity index (χ3v) is 4.15. The molecule has 1 fully saturated rings. The molecule has 0 bridgehead atoms. The second-order valence-electron chi connectivity index (χ2n) is 5.80. The van der Waals surface area contributed by atoms with Crippen molar-refractivity contribution in [1.82, 2.24) is 10.2 Å². The number of hydrogen-bond donors (Lipinski definition) is 2. The van der Waals surface area contributed by atoms with E-state index in [1.54, 1.807) is 24.3 Å². The molecule has 0 aromatic heterocycles. The molecule has 3 rings (SSSR count). The zero-order valence-electron chi connectivity index (χ0n) is 13.9. The van der Waals surface area contributed by atoms with Gasteiger partial charge in [-0.1, -0.05) is 37.3 Å². The molecule has 1 aliphatic rings. The van der Waals surface area contributed by atoms with Gasteiger partial charge >= 0.3 is 6.03 Å². The Labute approximate surface area is 145 Å². The lowest BCUT2D eigenvalue weighted by molar-refractivity contribution is -0.125. The van der Waals surface area contributed by atoms with E-state index < -0.39 is 6.03 Å². The van der Waals surface area contributed by atoms with Crippen LogP contribution in [0.2, 0.25) is 0 Å². The van der Waals surface area contributed by atoms with Gasteiger partial charge in [0.1, 0.15) is 0 Å². The van der Waals surface area contributed by atoms with Gasteiger partial charge in [0.15, 0.2) is 0 Å². The molecule has 1 saturated heterocycles. The van der Waals surface area contributed by atoms with Crippen molar-refractivity contribution >= 4 is 23.5 Å². The maximum absolute atomic E-state index is 12.6. The minimum absolute atomic E-state index is 0.00300. The summed E-state index contributed by atoms with van der Waals surface area (Å²) in [4.78, 5) is 37.2. The van der Waals surface area contributed by atoms with Crippen LogP contribution in [0.5, 0.6) is 0 Å². The molecule has 2 N–H and O–H groups in total. The molecule has 1 heterocycles. The summed E-state index contributed by atoms with van der Waals surface area (Å²) in [6, 6.07) is 14.2. The fraction of sp³-hybridized carbons (Fsp3) is 0.211. The predicted octanol–water partition coefficient (Wildman–Crippen LogP) is 2.55. The zero-order chi connectivity index (χ0) is 17.8. The summed E-state index contributed by atoms with van der Waals surface area (Å²) in [5.41, 5.74) is 2.95. The summed E-state index contributed by atoms with van der Waals surface area (Å²) in [5, 5.41) is 5.33.